The molecule has 10 heteroatoms. The molecule has 176 valence electrons. The fourth-order valence-corrected chi connectivity index (χ4v) is 3.67. The molecule has 5 rings (SSSR count). The molecule has 1 aromatic carbocycles. The summed E-state index contributed by atoms with van der Waals surface area (Å²) in [5.74, 6) is -0.518. The summed E-state index contributed by atoms with van der Waals surface area (Å²) in [5.41, 5.74) is 2.63. The van der Waals surface area contributed by atoms with Gasteiger partial charge in [-0.3, -0.25) is 9.59 Å². The van der Waals surface area contributed by atoms with Crippen LogP contribution in [0.25, 0.3) is 11.1 Å². The lowest BCUT2D eigenvalue weighted by Gasteiger charge is -2.13. The molecule has 2 aliphatic heterocycles. The number of carbonyl (C=O) groups is 2. The number of rotatable bonds is 1. The number of fused-ring (bicyclic) bond motifs is 9. The maximum Gasteiger partial charge on any atom is 0.252 e. The van der Waals surface area contributed by atoms with E-state index in [2.05, 4.69) is 36.2 Å². The first-order valence-corrected chi connectivity index (χ1v) is 11.1. The van der Waals surface area contributed by atoms with Crippen LogP contribution >= 0.6 is 0 Å². The van der Waals surface area contributed by atoms with Crippen LogP contribution in [0.5, 0.6) is 0 Å². The number of anilines is 3. The minimum absolute atomic E-state index is 0.0912. The molecule has 0 radical (unpaired) electrons. The Morgan fingerprint density at radius 1 is 1.03 bits per heavy atom. The van der Waals surface area contributed by atoms with Crippen molar-refractivity contribution in [1.82, 2.24) is 25.6 Å². The van der Waals surface area contributed by atoms with E-state index in [1.807, 2.05) is 6.92 Å². The number of halogens is 1. The molecule has 3 aromatic rings. The summed E-state index contributed by atoms with van der Waals surface area (Å²) in [6, 6.07) is 6.47. The molecule has 0 saturated heterocycles. The van der Waals surface area contributed by atoms with Gasteiger partial charge in [0, 0.05) is 43.7 Å². The fraction of sp³-hybridized carbons (Fsp3) is 0.292. The van der Waals surface area contributed by atoms with E-state index in [4.69, 9.17) is 0 Å². The first-order valence-electron chi connectivity index (χ1n) is 11.1. The third-order valence-electron chi connectivity index (χ3n) is 5.56. The second-order valence-corrected chi connectivity index (χ2v) is 8.00. The van der Waals surface area contributed by atoms with Crippen molar-refractivity contribution in [3.05, 3.63) is 59.3 Å². The highest BCUT2D eigenvalue weighted by Gasteiger charge is 2.18. The van der Waals surface area contributed by atoms with Gasteiger partial charge in [0.15, 0.2) is 0 Å². The van der Waals surface area contributed by atoms with Crippen molar-refractivity contribution in [2.45, 2.75) is 26.2 Å². The number of nitrogens with zero attached hydrogens (tertiary/aromatic N) is 3. The monoisotopic (exact) mass is 463 g/mol. The minimum atomic E-state index is -0.712. The standard InChI is InChI=1S/C24H26FN7O2/c1-14-12-30-24-31-19-11-16(13-29-20(19)25)15-6-7-17(18(10-15)22(33)26-2)23(34)28-9-5-3-4-8-27-21(14)32-24/h6-7,10-13H,3-5,8-9H2,1-2H3,(H,26,33)(H,28,34)(H2,27,30,31,32). The fourth-order valence-electron chi connectivity index (χ4n) is 3.67. The van der Waals surface area contributed by atoms with Crippen molar-refractivity contribution >= 4 is 29.3 Å². The van der Waals surface area contributed by atoms with Crippen LogP contribution in [-0.4, -0.2) is 46.9 Å². The second kappa shape index (κ2) is 10.2. The van der Waals surface area contributed by atoms with E-state index in [9.17, 15) is 14.0 Å². The van der Waals surface area contributed by atoms with Gasteiger partial charge in [0.1, 0.15) is 5.82 Å². The van der Waals surface area contributed by atoms with Gasteiger partial charge >= 0.3 is 0 Å². The number of hydrogen-bond acceptors (Lipinski definition) is 7. The van der Waals surface area contributed by atoms with Crippen LogP contribution in [0, 0.1) is 12.9 Å². The summed E-state index contributed by atoms with van der Waals surface area (Å²) in [7, 11) is 1.50. The minimum Gasteiger partial charge on any atom is -0.370 e. The number of benzene rings is 1. The largest absolute Gasteiger partial charge is 0.370 e. The molecule has 4 N–H and O–H groups in total. The van der Waals surface area contributed by atoms with Crippen LogP contribution < -0.4 is 21.3 Å². The maximum absolute atomic E-state index is 14.5. The van der Waals surface area contributed by atoms with Gasteiger partial charge in [-0.25, -0.2) is 9.97 Å². The predicted octanol–water partition coefficient (Wildman–Crippen LogP) is 3.41. The average Bonchev–Trinajstić information content (AvgIpc) is 2.85. The van der Waals surface area contributed by atoms with E-state index in [0.29, 0.717) is 30.0 Å². The summed E-state index contributed by atoms with van der Waals surface area (Å²) >= 11 is 0. The zero-order chi connectivity index (χ0) is 24.1. The highest BCUT2D eigenvalue weighted by atomic mass is 19.1. The first kappa shape index (κ1) is 23.1. The van der Waals surface area contributed by atoms with Crippen molar-refractivity contribution in [2.24, 2.45) is 0 Å². The van der Waals surface area contributed by atoms with Crippen LogP contribution in [0.3, 0.4) is 0 Å². The normalized spacial score (nSPS) is 14.0. The SMILES string of the molecule is CNC(=O)c1cc2ccc1C(=O)NCCCCCNc1nc(ncc1C)Nc1cc-2cnc1F. The summed E-state index contributed by atoms with van der Waals surface area (Å²) in [4.78, 5) is 37.9. The Kier molecular flexibility index (Phi) is 6.95. The van der Waals surface area contributed by atoms with Crippen LogP contribution in [0.2, 0.25) is 0 Å². The Bertz CT molecular complexity index is 1230. The maximum atomic E-state index is 14.5. The van der Waals surface area contributed by atoms with Gasteiger partial charge in [-0.2, -0.15) is 9.37 Å². The highest BCUT2D eigenvalue weighted by molar-refractivity contribution is 6.08. The van der Waals surface area contributed by atoms with Gasteiger partial charge in [0.05, 0.1) is 16.8 Å². The molecule has 4 heterocycles. The van der Waals surface area contributed by atoms with Crippen molar-refractivity contribution in [2.75, 3.05) is 30.8 Å². The zero-order valence-electron chi connectivity index (χ0n) is 19.0. The number of aromatic nitrogens is 3. The topological polar surface area (TPSA) is 121 Å². The number of aryl methyl sites for hydroxylation is 1. The van der Waals surface area contributed by atoms with E-state index < -0.39 is 11.9 Å². The van der Waals surface area contributed by atoms with Crippen molar-refractivity contribution in [3.63, 3.8) is 0 Å². The van der Waals surface area contributed by atoms with Crippen LogP contribution in [0.15, 0.2) is 36.7 Å². The van der Waals surface area contributed by atoms with Gasteiger partial charge in [0.25, 0.3) is 11.8 Å². The zero-order valence-corrected chi connectivity index (χ0v) is 19.0. The molecule has 0 unspecified atom stereocenters. The molecule has 2 amide bonds. The van der Waals surface area contributed by atoms with Gasteiger partial charge in [-0.15, -0.1) is 0 Å². The highest BCUT2D eigenvalue weighted by Crippen LogP contribution is 2.27. The van der Waals surface area contributed by atoms with Crippen molar-refractivity contribution < 1.29 is 14.0 Å². The van der Waals surface area contributed by atoms with Gasteiger partial charge < -0.3 is 21.3 Å². The average molecular weight is 464 g/mol. The molecule has 0 aliphatic carbocycles. The summed E-state index contributed by atoms with van der Waals surface area (Å²) in [6.45, 7) is 3.09. The number of hydrogen-bond donors (Lipinski definition) is 4. The number of nitrogens with one attached hydrogen (secondary N) is 4. The van der Waals surface area contributed by atoms with Crippen molar-refractivity contribution in [1.29, 1.82) is 0 Å². The molecule has 0 saturated carbocycles. The molecular formula is C24H26FN7O2. The molecular weight excluding hydrogens is 437 g/mol. The summed E-state index contributed by atoms with van der Waals surface area (Å²) < 4.78 is 14.5. The molecule has 0 fully saturated rings. The lowest BCUT2D eigenvalue weighted by atomic mass is 9.98. The quantitative estimate of drug-likeness (QED) is 0.408. The Labute approximate surface area is 196 Å². The Hall–Kier alpha value is -4.08. The molecule has 6 bridgehead atoms. The van der Waals surface area contributed by atoms with E-state index in [0.717, 1.165) is 24.8 Å². The van der Waals surface area contributed by atoms with E-state index in [1.54, 1.807) is 30.5 Å². The van der Waals surface area contributed by atoms with E-state index in [-0.39, 0.29) is 28.7 Å². The van der Waals surface area contributed by atoms with Gasteiger partial charge in [-0.1, -0.05) is 6.07 Å². The molecule has 0 atom stereocenters. The number of pyridine rings is 1. The van der Waals surface area contributed by atoms with Crippen LogP contribution in [0.1, 0.15) is 45.5 Å². The molecule has 0 spiro atoms. The van der Waals surface area contributed by atoms with Crippen LogP contribution in [0.4, 0.5) is 21.8 Å². The number of amides is 2. The molecule has 9 nitrogen and oxygen atoms in total. The van der Waals surface area contributed by atoms with Crippen LogP contribution in [-0.2, 0) is 0 Å². The van der Waals surface area contributed by atoms with E-state index >= 15 is 0 Å². The summed E-state index contributed by atoms with van der Waals surface area (Å²) in [6.07, 6.45) is 5.61. The smallest absolute Gasteiger partial charge is 0.252 e. The lowest BCUT2D eigenvalue weighted by molar-refractivity contribution is 0.0923. The molecule has 34 heavy (non-hydrogen) atoms. The number of carbonyl (C=O) groups excluding carboxylic acids is 2. The summed E-state index contributed by atoms with van der Waals surface area (Å²) in [5, 5.41) is 11.6. The Morgan fingerprint density at radius 2 is 1.82 bits per heavy atom. The third-order valence-corrected chi connectivity index (χ3v) is 5.56. The van der Waals surface area contributed by atoms with Gasteiger partial charge in [-0.05, 0) is 49.9 Å². The molecule has 2 aliphatic rings. The van der Waals surface area contributed by atoms with E-state index in [1.165, 1.54) is 13.2 Å². The second-order valence-electron chi connectivity index (χ2n) is 8.00. The third kappa shape index (κ3) is 5.11. The molecule has 2 aromatic heterocycles. The lowest BCUT2D eigenvalue weighted by Crippen LogP contribution is -2.28. The first-order chi connectivity index (χ1) is 16.5. The Morgan fingerprint density at radius 3 is 2.62 bits per heavy atom. The Balaban J connectivity index is 1.78. The van der Waals surface area contributed by atoms with Gasteiger partial charge in [0.2, 0.25) is 11.9 Å². The van der Waals surface area contributed by atoms with Crippen molar-refractivity contribution in [3.8, 4) is 11.1 Å². The predicted molar refractivity (Wildman–Crippen MR) is 128 cm³/mol.